The molecule has 0 amide bonds. The van der Waals surface area contributed by atoms with Crippen molar-refractivity contribution in [3.8, 4) is 17.1 Å². The van der Waals surface area contributed by atoms with E-state index in [1.165, 1.54) is 12.1 Å². The summed E-state index contributed by atoms with van der Waals surface area (Å²) in [4.78, 5) is 7.49. The second-order valence-corrected chi connectivity index (χ2v) is 4.27. The Bertz CT molecular complexity index is 702. The number of hydrogen-bond acceptors (Lipinski definition) is 6. The lowest BCUT2D eigenvalue weighted by Gasteiger charge is -2.19. The molecule has 0 aliphatic rings. The van der Waals surface area contributed by atoms with Gasteiger partial charge in [-0.1, -0.05) is 18.2 Å². The lowest BCUT2D eigenvalue weighted by atomic mass is 10.1. The van der Waals surface area contributed by atoms with Gasteiger partial charge in [0, 0.05) is 17.8 Å². The van der Waals surface area contributed by atoms with Crippen LogP contribution in [0.3, 0.4) is 0 Å². The minimum atomic E-state index is -4.68. The molecule has 6 nitrogen and oxygen atoms in total. The van der Waals surface area contributed by atoms with Gasteiger partial charge < -0.3 is 10.8 Å². The molecule has 0 saturated carbocycles. The molecule has 22 heavy (non-hydrogen) atoms. The summed E-state index contributed by atoms with van der Waals surface area (Å²) in [5.74, 6) is 5.37. The number of hydrogen-bond donors (Lipinski definition) is 3. The molecule has 0 bridgehead atoms. The highest BCUT2D eigenvalue weighted by atomic mass is 19.4. The first-order valence-electron chi connectivity index (χ1n) is 5.98. The molecule has 116 valence electrons. The predicted molar refractivity (Wildman–Crippen MR) is 74.1 cm³/mol. The smallest absolute Gasteiger partial charge is 0.432 e. The van der Waals surface area contributed by atoms with Crippen LogP contribution >= 0.6 is 0 Å². The molecule has 2 rings (SSSR count). The van der Waals surface area contributed by atoms with Gasteiger partial charge in [-0.3, -0.25) is 5.01 Å². The Morgan fingerprint density at radius 1 is 1.23 bits per heavy atom. The number of halogens is 3. The van der Waals surface area contributed by atoms with Gasteiger partial charge in [-0.2, -0.15) is 13.2 Å². The number of nitrogens with zero attached hydrogens (tertiary/aromatic N) is 3. The lowest BCUT2D eigenvalue weighted by molar-refractivity contribution is -0.0928. The van der Waals surface area contributed by atoms with Crippen LogP contribution in [0.5, 0.6) is 5.88 Å². The Morgan fingerprint density at radius 2 is 1.91 bits per heavy atom. The van der Waals surface area contributed by atoms with Crippen LogP contribution < -0.4 is 16.6 Å². The van der Waals surface area contributed by atoms with Gasteiger partial charge in [-0.25, -0.2) is 15.8 Å². The van der Waals surface area contributed by atoms with Crippen LogP contribution in [-0.4, -0.2) is 21.3 Å². The second kappa shape index (κ2) is 5.90. The standard InChI is InChI=1S/C13H12F3N5O/c14-13(15,16)11(17)6-21(18)10-4-2-1-3-8(10)9-5-12(22)20-7-19-9/h1-7H,17-18H2,(H,19,20,22)/b11-6-. The lowest BCUT2D eigenvalue weighted by Crippen LogP contribution is -2.30. The zero-order valence-corrected chi connectivity index (χ0v) is 11.1. The summed E-state index contributed by atoms with van der Waals surface area (Å²) in [7, 11) is 0. The summed E-state index contributed by atoms with van der Waals surface area (Å²) < 4.78 is 37.4. The summed E-state index contributed by atoms with van der Waals surface area (Å²) in [6.07, 6.45) is -2.98. The molecule has 0 atom stereocenters. The van der Waals surface area contributed by atoms with Crippen LogP contribution in [0.2, 0.25) is 0 Å². The van der Waals surface area contributed by atoms with Crippen LogP contribution in [-0.2, 0) is 0 Å². The van der Waals surface area contributed by atoms with Gasteiger partial charge in [0.2, 0.25) is 5.88 Å². The molecule has 0 saturated heterocycles. The average molecular weight is 311 g/mol. The monoisotopic (exact) mass is 311 g/mol. The van der Waals surface area contributed by atoms with Crippen molar-refractivity contribution < 1.29 is 18.3 Å². The van der Waals surface area contributed by atoms with E-state index >= 15 is 0 Å². The SMILES string of the molecule is N/C(=C\N(N)c1ccccc1-c1cc(O)ncn1)C(F)(F)F. The average Bonchev–Trinajstić information content (AvgIpc) is 2.46. The van der Waals surface area contributed by atoms with E-state index in [0.29, 0.717) is 17.5 Å². The van der Waals surface area contributed by atoms with Gasteiger partial charge in [-0.15, -0.1) is 0 Å². The Labute approximate surface area is 123 Å². The quantitative estimate of drug-likeness (QED) is 0.591. The molecule has 0 unspecified atom stereocenters. The summed E-state index contributed by atoms with van der Waals surface area (Å²) in [6.45, 7) is 0. The number of rotatable bonds is 3. The fraction of sp³-hybridized carbons (Fsp3) is 0.0769. The number of alkyl halides is 3. The van der Waals surface area contributed by atoms with E-state index in [4.69, 9.17) is 11.6 Å². The third kappa shape index (κ3) is 3.44. The molecule has 1 aromatic carbocycles. The first-order chi connectivity index (χ1) is 10.3. The number of anilines is 1. The van der Waals surface area contributed by atoms with Crippen molar-refractivity contribution in [2.24, 2.45) is 11.6 Å². The van der Waals surface area contributed by atoms with Crippen molar-refractivity contribution in [1.29, 1.82) is 0 Å². The molecule has 1 aromatic heterocycles. The molecule has 0 radical (unpaired) electrons. The van der Waals surface area contributed by atoms with Crippen molar-refractivity contribution in [1.82, 2.24) is 9.97 Å². The van der Waals surface area contributed by atoms with Gasteiger partial charge in [0.15, 0.2) is 0 Å². The Morgan fingerprint density at radius 3 is 2.55 bits per heavy atom. The highest BCUT2D eigenvalue weighted by Gasteiger charge is 2.32. The predicted octanol–water partition coefficient (Wildman–Crippen LogP) is 1.89. The van der Waals surface area contributed by atoms with Crippen molar-refractivity contribution in [3.05, 3.63) is 48.6 Å². The van der Waals surface area contributed by atoms with Crippen LogP contribution in [0, 0.1) is 0 Å². The molecule has 0 aliphatic heterocycles. The molecule has 0 spiro atoms. The van der Waals surface area contributed by atoms with E-state index in [1.54, 1.807) is 18.2 Å². The van der Waals surface area contributed by atoms with E-state index in [9.17, 15) is 18.3 Å². The first kappa shape index (κ1) is 15.6. The second-order valence-electron chi connectivity index (χ2n) is 4.27. The first-order valence-corrected chi connectivity index (χ1v) is 5.98. The summed E-state index contributed by atoms with van der Waals surface area (Å²) in [6, 6.07) is 7.60. The molecule has 1 heterocycles. The van der Waals surface area contributed by atoms with Crippen molar-refractivity contribution >= 4 is 5.69 Å². The van der Waals surface area contributed by atoms with Gasteiger partial charge >= 0.3 is 6.18 Å². The zero-order valence-electron chi connectivity index (χ0n) is 11.1. The number of allylic oxidation sites excluding steroid dienone is 1. The zero-order chi connectivity index (χ0) is 16.3. The highest BCUT2D eigenvalue weighted by molar-refractivity contribution is 5.77. The maximum absolute atomic E-state index is 12.5. The largest absolute Gasteiger partial charge is 0.493 e. The molecular formula is C13H12F3N5O. The maximum Gasteiger partial charge on any atom is 0.432 e. The van der Waals surface area contributed by atoms with E-state index in [-0.39, 0.29) is 11.6 Å². The maximum atomic E-state index is 12.5. The Kier molecular flexibility index (Phi) is 4.18. The van der Waals surface area contributed by atoms with Crippen LogP contribution in [0.15, 0.2) is 48.6 Å². The Balaban J connectivity index is 2.45. The van der Waals surface area contributed by atoms with Crippen LogP contribution in [0.25, 0.3) is 11.3 Å². The number of aromatic hydroxyl groups is 1. The molecule has 0 fully saturated rings. The van der Waals surface area contributed by atoms with Crippen molar-refractivity contribution in [3.63, 3.8) is 0 Å². The van der Waals surface area contributed by atoms with Gasteiger partial charge in [0.1, 0.15) is 12.0 Å². The summed E-state index contributed by atoms with van der Waals surface area (Å²) in [5.41, 5.74) is 4.56. The van der Waals surface area contributed by atoms with Crippen molar-refractivity contribution in [2.75, 3.05) is 5.01 Å². The molecule has 2 aromatic rings. The van der Waals surface area contributed by atoms with Gasteiger partial charge in [0.25, 0.3) is 0 Å². The third-order valence-corrected chi connectivity index (χ3v) is 2.72. The molecule has 0 aliphatic carbocycles. The van der Waals surface area contributed by atoms with E-state index < -0.39 is 11.9 Å². The topological polar surface area (TPSA) is 101 Å². The van der Waals surface area contributed by atoms with E-state index in [2.05, 4.69) is 9.97 Å². The number of aromatic nitrogens is 2. The van der Waals surface area contributed by atoms with Crippen LogP contribution in [0.4, 0.5) is 18.9 Å². The van der Waals surface area contributed by atoms with E-state index in [0.717, 1.165) is 11.3 Å². The Hall–Kier alpha value is -2.81. The number of hydrazine groups is 1. The minimum Gasteiger partial charge on any atom is -0.493 e. The summed E-state index contributed by atoms with van der Waals surface area (Å²) >= 11 is 0. The third-order valence-electron chi connectivity index (χ3n) is 2.72. The minimum absolute atomic E-state index is 0.229. The number of nitrogens with two attached hydrogens (primary N) is 2. The molecular weight excluding hydrogens is 299 g/mol. The molecule has 5 N–H and O–H groups in total. The van der Waals surface area contributed by atoms with Gasteiger partial charge in [0.05, 0.1) is 11.4 Å². The van der Waals surface area contributed by atoms with Crippen LogP contribution in [0.1, 0.15) is 0 Å². The highest BCUT2D eigenvalue weighted by Crippen LogP contribution is 2.30. The number of benzene rings is 1. The van der Waals surface area contributed by atoms with Crippen molar-refractivity contribution in [2.45, 2.75) is 6.18 Å². The number of para-hydroxylation sites is 1. The van der Waals surface area contributed by atoms with E-state index in [1.807, 2.05) is 0 Å². The van der Waals surface area contributed by atoms with Gasteiger partial charge in [-0.05, 0) is 6.07 Å². The molecule has 9 heteroatoms. The summed E-state index contributed by atoms with van der Waals surface area (Å²) in [5, 5.41) is 10.1. The fourth-order valence-electron chi connectivity index (χ4n) is 1.70. The normalized spacial score (nSPS) is 12.3. The fourth-order valence-corrected chi connectivity index (χ4v) is 1.70.